The third-order valence-corrected chi connectivity index (χ3v) is 3.77. The summed E-state index contributed by atoms with van der Waals surface area (Å²) in [7, 11) is 0. The van der Waals surface area contributed by atoms with Gasteiger partial charge in [-0.2, -0.15) is 0 Å². The molecular formula is C18H26N2. The van der Waals surface area contributed by atoms with Crippen LogP contribution in [-0.2, 0) is 5.41 Å². The highest BCUT2D eigenvalue weighted by Crippen LogP contribution is 2.31. The lowest BCUT2D eigenvalue weighted by Crippen LogP contribution is -2.38. The molecule has 1 heterocycles. The molecule has 2 heteroatoms. The van der Waals surface area contributed by atoms with E-state index >= 15 is 0 Å². The van der Waals surface area contributed by atoms with Gasteiger partial charge in [-0.3, -0.25) is 4.98 Å². The summed E-state index contributed by atoms with van der Waals surface area (Å²) in [5, 5.41) is 4.80. The molecule has 0 aliphatic heterocycles. The first kappa shape index (κ1) is 15.0. The highest BCUT2D eigenvalue weighted by atomic mass is 14.9. The van der Waals surface area contributed by atoms with Gasteiger partial charge in [0.25, 0.3) is 0 Å². The van der Waals surface area contributed by atoms with E-state index in [1.807, 2.05) is 12.3 Å². The van der Waals surface area contributed by atoms with E-state index in [1.54, 1.807) is 0 Å². The van der Waals surface area contributed by atoms with Gasteiger partial charge >= 0.3 is 0 Å². The minimum absolute atomic E-state index is 0.117. The fourth-order valence-corrected chi connectivity index (χ4v) is 2.54. The van der Waals surface area contributed by atoms with E-state index in [4.69, 9.17) is 0 Å². The molecule has 2 nitrogen and oxygen atoms in total. The van der Waals surface area contributed by atoms with Gasteiger partial charge in [0.2, 0.25) is 0 Å². The average molecular weight is 270 g/mol. The van der Waals surface area contributed by atoms with Crippen molar-refractivity contribution in [3.8, 4) is 0 Å². The molecule has 2 rings (SSSR count). The molecule has 0 radical (unpaired) electrons. The highest BCUT2D eigenvalue weighted by molar-refractivity contribution is 5.82. The van der Waals surface area contributed by atoms with E-state index in [9.17, 15) is 0 Å². The van der Waals surface area contributed by atoms with E-state index in [0.717, 1.165) is 18.5 Å². The molecule has 0 unspecified atom stereocenters. The van der Waals surface area contributed by atoms with Gasteiger partial charge in [-0.05, 0) is 50.8 Å². The second kappa shape index (κ2) is 5.53. The molecule has 0 saturated heterocycles. The maximum absolute atomic E-state index is 4.58. The number of pyridine rings is 1. The number of rotatable bonds is 4. The van der Waals surface area contributed by atoms with Crippen molar-refractivity contribution in [1.82, 2.24) is 10.3 Å². The van der Waals surface area contributed by atoms with Crippen molar-refractivity contribution in [3.63, 3.8) is 0 Å². The number of benzene rings is 1. The third-order valence-electron chi connectivity index (χ3n) is 3.77. The van der Waals surface area contributed by atoms with Crippen LogP contribution in [0.1, 0.15) is 46.6 Å². The van der Waals surface area contributed by atoms with E-state index in [-0.39, 0.29) is 11.0 Å². The van der Waals surface area contributed by atoms with Crippen molar-refractivity contribution in [2.45, 2.75) is 52.0 Å². The summed E-state index contributed by atoms with van der Waals surface area (Å²) < 4.78 is 0. The third kappa shape index (κ3) is 3.57. The largest absolute Gasteiger partial charge is 0.312 e. The van der Waals surface area contributed by atoms with Crippen LogP contribution in [0.5, 0.6) is 0 Å². The predicted octanol–water partition coefficient (Wildman–Crippen LogP) is 4.29. The summed E-state index contributed by atoms with van der Waals surface area (Å²) in [4.78, 5) is 4.58. The summed E-state index contributed by atoms with van der Waals surface area (Å²) in [5.74, 6) is 0. The maximum Gasteiger partial charge on any atom is 0.0739 e. The Balaban J connectivity index is 2.23. The normalized spacial score (nSPS) is 12.8. The Kier molecular flexibility index (Phi) is 4.14. The first-order valence-corrected chi connectivity index (χ1v) is 7.39. The molecule has 0 fully saturated rings. The smallest absolute Gasteiger partial charge is 0.0739 e. The quantitative estimate of drug-likeness (QED) is 0.896. The molecule has 20 heavy (non-hydrogen) atoms. The van der Waals surface area contributed by atoms with Crippen molar-refractivity contribution in [2.24, 2.45) is 0 Å². The zero-order valence-corrected chi connectivity index (χ0v) is 13.3. The molecule has 0 aliphatic rings. The summed E-state index contributed by atoms with van der Waals surface area (Å²) >= 11 is 0. The Morgan fingerprint density at radius 1 is 1.00 bits per heavy atom. The highest BCUT2D eigenvalue weighted by Gasteiger charge is 2.23. The Hall–Kier alpha value is -1.41. The lowest BCUT2D eigenvalue weighted by atomic mass is 9.80. The van der Waals surface area contributed by atoms with Crippen LogP contribution in [0.2, 0.25) is 0 Å². The number of nitrogens with one attached hydrogen (secondary N) is 1. The topological polar surface area (TPSA) is 24.9 Å². The fourth-order valence-electron chi connectivity index (χ4n) is 2.54. The zero-order valence-electron chi connectivity index (χ0n) is 13.3. The van der Waals surface area contributed by atoms with Crippen LogP contribution in [0.3, 0.4) is 0 Å². The minimum atomic E-state index is 0.117. The van der Waals surface area contributed by atoms with Crippen LogP contribution >= 0.6 is 0 Å². The van der Waals surface area contributed by atoms with Gasteiger partial charge in [-0.1, -0.05) is 38.1 Å². The number of nitrogens with zero attached hydrogens (tertiary/aromatic N) is 1. The monoisotopic (exact) mass is 270 g/mol. The Morgan fingerprint density at radius 3 is 2.40 bits per heavy atom. The summed E-state index contributed by atoms with van der Waals surface area (Å²) in [6, 6.07) is 10.6. The molecule has 1 aromatic carbocycles. The van der Waals surface area contributed by atoms with E-state index in [1.165, 1.54) is 10.9 Å². The maximum atomic E-state index is 4.58. The molecule has 2 aromatic rings. The van der Waals surface area contributed by atoms with Crippen LogP contribution < -0.4 is 5.32 Å². The first-order chi connectivity index (χ1) is 9.30. The molecule has 1 N–H and O–H groups in total. The summed E-state index contributed by atoms with van der Waals surface area (Å²) in [6.07, 6.45) is 2.98. The molecule has 108 valence electrons. The Morgan fingerprint density at radius 2 is 1.70 bits per heavy atom. The average Bonchev–Trinajstić information content (AvgIpc) is 2.36. The SMILES string of the molecule is CC(C)(C)NCCC(C)(C)c1cccc2cccnc12. The van der Waals surface area contributed by atoms with Gasteiger partial charge in [0.15, 0.2) is 0 Å². The minimum Gasteiger partial charge on any atom is -0.312 e. The van der Waals surface area contributed by atoms with Crippen LogP contribution in [0.25, 0.3) is 10.9 Å². The molecule has 0 amide bonds. The van der Waals surface area contributed by atoms with Crippen molar-refractivity contribution in [1.29, 1.82) is 0 Å². The molecule has 0 bridgehead atoms. The zero-order chi connectivity index (χ0) is 14.8. The standard InChI is InChI=1S/C18H26N2/c1-17(2,3)20-13-11-18(4,5)15-10-6-8-14-9-7-12-19-16(14)15/h6-10,12,20H,11,13H2,1-5H3. The number of para-hydroxylation sites is 1. The summed E-state index contributed by atoms with van der Waals surface area (Å²) in [5.41, 5.74) is 2.77. The second-order valence-electron chi connectivity index (χ2n) is 7.19. The molecule has 1 aromatic heterocycles. The van der Waals surface area contributed by atoms with E-state index in [2.05, 4.69) is 69.2 Å². The first-order valence-electron chi connectivity index (χ1n) is 7.39. The molecule has 0 spiro atoms. The van der Waals surface area contributed by atoms with Gasteiger partial charge in [-0.25, -0.2) is 0 Å². The molecule has 0 atom stereocenters. The van der Waals surface area contributed by atoms with Gasteiger partial charge < -0.3 is 5.32 Å². The second-order valence-corrected chi connectivity index (χ2v) is 7.19. The van der Waals surface area contributed by atoms with Gasteiger partial charge in [0, 0.05) is 17.1 Å². The lowest BCUT2D eigenvalue weighted by Gasteiger charge is -2.29. The van der Waals surface area contributed by atoms with Crippen LogP contribution in [-0.4, -0.2) is 17.1 Å². The summed E-state index contributed by atoms with van der Waals surface area (Å²) in [6.45, 7) is 12.2. The van der Waals surface area contributed by atoms with Crippen molar-refractivity contribution in [2.75, 3.05) is 6.54 Å². The lowest BCUT2D eigenvalue weighted by molar-refractivity contribution is 0.380. The van der Waals surface area contributed by atoms with Crippen molar-refractivity contribution < 1.29 is 0 Å². The van der Waals surface area contributed by atoms with E-state index in [0.29, 0.717) is 0 Å². The van der Waals surface area contributed by atoms with E-state index < -0.39 is 0 Å². The predicted molar refractivity (Wildman–Crippen MR) is 87.1 cm³/mol. The Labute approximate surface area is 122 Å². The van der Waals surface area contributed by atoms with Crippen molar-refractivity contribution >= 4 is 10.9 Å². The van der Waals surface area contributed by atoms with Crippen LogP contribution in [0, 0.1) is 0 Å². The van der Waals surface area contributed by atoms with Gasteiger partial charge in [0.1, 0.15) is 0 Å². The number of aromatic nitrogens is 1. The van der Waals surface area contributed by atoms with Gasteiger partial charge in [0.05, 0.1) is 5.52 Å². The Bertz CT molecular complexity index is 574. The van der Waals surface area contributed by atoms with Gasteiger partial charge in [-0.15, -0.1) is 0 Å². The molecule has 0 aliphatic carbocycles. The molecular weight excluding hydrogens is 244 g/mol. The number of hydrogen-bond donors (Lipinski definition) is 1. The van der Waals surface area contributed by atoms with Crippen LogP contribution in [0.15, 0.2) is 36.5 Å². The number of fused-ring (bicyclic) bond motifs is 1. The van der Waals surface area contributed by atoms with Crippen LogP contribution in [0.4, 0.5) is 0 Å². The molecule has 0 saturated carbocycles. The number of hydrogen-bond acceptors (Lipinski definition) is 2. The fraction of sp³-hybridized carbons (Fsp3) is 0.500. The van der Waals surface area contributed by atoms with Crippen molar-refractivity contribution in [3.05, 3.63) is 42.1 Å².